The average Bonchev–Trinajstić information content (AvgIpc) is 2.96. The Balaban J connectivity index is 0.00000208. The van der Waals surface area contributed by atoms with Gasteiger partial charge in [-0.15, -0.1) is 24.0 Å². The van der Waals surface area contributed by atoms with E-state index in [1.165, 1.54) is 11.1 Å². The van der Waals surface area contributed by atoms with Crippen LogP contribution in [-0.4, -0.2) is 19.6 Å². The summed E-state index contributed by atoms with van der Waals surface area (Å²) in [5.41, 5.74) is 9.64. The molecule has 0 saturated heterocycles. The molecule has 0 unspecified atom stereocenters. The predicted molar refractivity (Wildman–Crippen MR) is 111 cm³/mol. The highest BCUT2D eigenvalue weighted by Crippen LogP contribution is 2.28. The SMILES string of the molecule is COc1ccc(NC(N)=NCC2Cc3ccccc3C2)cc1Cl.I. The Labute approximate surface area is 164 Å². The molecule has 24 heavy (non-hydrogen) atoms. The zero-order valence-electron chi connectivity index (χ0n) is 13.5. The van der Waals surface area contributed by atoms with Crippen LogP contribution in [0.2, 0.25) is 5.02 Å². The average molecular weight is 458 g/mol. The molecule has 0 radical (unpaired) electrons. The van der Waals surface area contributed by atoms with E-state index in [-0.39, 0.29) is 24.0 Å². The largest absolute Gasteiger partial charge is 0.495 e. The van der Waals surface area contributed by atoms with Gasteiger partial charge in [0.1, 0.15) is 5.75 Å². The number of rotatable bonds is 4. The lowest BCUT2D eigenvalue weighted by molar-refractivity contribution is 0.415. The number of fused-ring (bicyclic) bond motifs is 1. The molecular weight excluding hydrogens is 437 g/mol. The summed E-state index contributed by atoms with van der Waals surface area (Å²) in [5.74, 6) is 1.56. The molecule has 0 atom stereocenters. The van der Waals surface area contributed by atoms with Gasteiger partial charge in [0.05, 0.1) is 12.1 Å². The molecule has 4 nitrogen and oxygen atoms in total. The first-order valence-electron chi connectivity index (χ1n) is 7.63. The zero-order chi connectivity index (χ0) is 16.2. The second kappa shape index (κ2) is 8.58. The van der Waals surface area contributed by atoms with E-state index in [2.05, 4.69) is 34.6 Å². The second-order valence-electron chi connectivity index (χ2n) is 5.74. The maximum absolute atomic E-state index is 6.10. The predicted octanol–water partition coefficient (Wildman–Crippen LogP) is 4.11. The van der Waals surface area contributed by atoms with Crippen molar-refractivity contribution in [1.29, 1.82) is 0 Å². The Hall–Kier alpha value is -1.47. The van der Waals surface area contributed by atoms with Gasteiger partial charge in [0.2, 0.25) is 0 Å². The van der Waals surface area contributed by atoms with Gasteiger partial charge in [-0.3, -0.25) is 4.99 Å². The van der Waals surface area contributed by atoms with Crippen LogP contribution in [0.4, 0.5) is 5.69 Å². The van der Waals surface area contributed by atoms with E-state index in [1.54, 1.807) is 19.2 Å². The minimum Gasteiger partial charge on any atom is -0.495 e. The quantitative estimate of drug-likeness (QED) is 0.413. The van der Waals surface area contributed by atoms with Crippen LogP contribution in [0.1, 0.15) is 11.1 Å². The summed E-state index contributed by atoms with van der Waals surface area (Å²) < 4.78 is 5.13. The Kier molecular flexibility index (Phi) is 6.74. The zero-order valence-corrected chi connectivity index (χ0v) is 16.5. The molecule has 0 bridgehead atoms. The Morgan fingerprint density at radius 1 is 1.25 bits per heavy atom. The van der Waals surface area contributed by atoms with E-state index in [0.717, 1.165) is 25.1 Å². The van der Waals surface area contributed by atoms with Crippen LogP contribution in [0.15, 0.2) is 47.5 Å². The Morgan fingerprint density at radius 3 is 2.50 bits per heavy atom. The molecule has 1 aliphatic rings. The summed E-state index contributed by atoms with van der Waals surface area (Å²) >= 11 is 6.10. The number of halogens is 2. The summed E-state index contributed by atoms with van der Waals surface area (Å²) in [6.45, 7) is 0.720. The minimum atomic E-state index is 0. The maximum atomic E-state index is 6.10. The number of methoxy groups -OCH3 is 1. The van der Waals surface area contributed by atoms with Gasteiger partial charge in [-0.05, 0) is 48.1 Å². The van der Waals surface area contributed by atoms with E-state index in [1.807, 2.05) is 6.07 Å². The molecule has 0 amide bonds. The van der Waals surface area contributed by atoms with Crippen LogP contribution in [0.5, 0.6) is 5.75 Å². The van der Waals surface area contributed by atoms with Crippen molar-refractivity contribution in [2.75, 3.05) is 19.0 Å². The Morgan fingerprint density at radius 2 is 1.92 bits per heavy atom. The molecule has 0 heterocycles. The number of hydrogen-bond acceptors (Lipinski definition) is 2. The molecule has 0 aliphatic heterocycles. The number of nitrogens with one attached hydrogen (secondary N) is 1. The lowest BCUT2D eigenvalue weighted by atomic mass is 10.1. The maximum Gasteiger partial charge on any atom is 0.193 e. The number of aliphatic imine (C=N–C) groups is 1. The molecule has 3 N–H and O–H groups in total. The first-order valence-corrected chi connectivity index (χ1v) is 8.01. The monoisotopic (exact) mass is 457 g/mol. The highest BCUT2D eigenvalue weighted by molar-refractivity contribution is 14.0. The van der Waals surface area contributed by atoms with Crippen molar-refractivity contribution >= 4 is 47.2 Å². The molecule has 0 aromatic heterocycles. The van der Waals surface area contributed by atoms with Crippen molar-refractivity contribution in [2.45, 2.75) is 12.8 Å². The van der Waals surface area contributed by atoms with Crippen molar-refractivity contribution in [1.82, 2.24) is 0 Å². The fourth-order valence-electron chi connectivity index (χ4n) is 2.94. The minimum absolute atomic E-state index is 0. The molecule has 0 saturated carbocycles. The van der Waals surface area contributed by atoms with Gasteiger partial charge in [-0.2, -0.15) is 0 Å². The lowest BCUT2D eigenvalue weighted by Gasteiger charge is -2.10. The van der Waals surface area contributed by atoms with Crippen LogP contribution < -0.4 is 15.8 Å². The molecule has 128 valence electrons. The summed E-state index contributed by atoms with van der Waals surface area (Å²) in [6, 6.07) is 14.0. The van der Waals surface area contributed by atoms with Crippen molar-refractivity contribution in [3.63, 3.8) is 0 Å². The first kappa shape index (κ1) is 18.9. The van der Waals surface area contributed by atoms with Gasteiger partial charge >= 0.3 is 0 Å². The Bertz CT molecular complexity index is 711. The van der Waals surface area contributed by atoms with E-state index in [0.29, 0.717) is 22.6 Å². The van der Waals surface area contributed by atoms with Crippen molar-refractivity contribution in [3.05, 3.63) is 58.6 Å². The number of guanidine groups is 1. The molecule has 0 fully saturated rings. The lowest BCUT2D eigenvalue weighted by Crippen LogP contribution is -2.24. The van der Waals surface area contributed by atoms with Crippen LogP contribution in [-0.2, 0) is 12.8 Å². The summed E-state index contributed by atoms with van der Waals surface area (Å²) in [7, 11) is 1.59. The van der Waals surface area contributed by atoms with Gasteiger partial charge in [0, 0.05) is 12.2 Å². The van der Waals surface area contributed by atoms with E-state index in [4.69, 9.17) is 22.1 Å². The number of anilines is 1. The summed E-state index contributed by atoms with van der Waals surface area (Å²) in [5, 5.41) is 3.61. The van der Waals surface area contributed by atoms with Gasteiger partial charge < -0.3 is 15.8 Å². The standard InChI is InChI=1S/C18H20ClN3O.HI/c1-23-17-7-6-15(10-16(17)19)22-18(20)21-11-12-8-13-4-2-3-5-14(13)9-12;/h2-7,10,12H,8-9,11H2,1H3,(H3,20,21,22);1H. The number of nitrogens with two attached hydrogens (primary N) is 1. The molecule has 2 aromatic carbocycles. The van der Waals surface area contributed by atoms with Crippen molar-refractivity contribution < 1.29 is 4.74 Å². The third-order valence-corrected chi connectivity index (χ3v) is 4.37. The smallest absolute Gasteiger partial charge is 0.193 e. The van der Waals surface area contributed by atoms with Crippen molar-refractivity contribution in [3.8, 4) is 5.75 Å². The fourth-order valence-corrected chi connectivity index (χ4v) is 3.20. The third-order valence-electron chi connectivity index (χ3n) is 4.08. The van der Waals surface area contributed by atoms with Gasteiger partial charge in [-0.1, -0.05) is 35.9 Å². The van der Waals surface area contributed by atoms with Crippen molar-refractivity contribution in [2.24, 2.45) is 16.6 Å². The molecular formula is C18H21ClIN3O. The van der Waals surface area contributed by atoms with Crippen LogP contribution in [0.25, 0.3) is 0 Å². The first-order chi connectivity index (χ1) is 11.2. The van der Waals surface area contributed by atoms with Gasteiger partial charge in [0.15, 0.2) is 5.96 Å². The number of ether oxygens (including phenoxy) is 1. The highest BCUT2D eigenvalue weighted by Gasteiger charge is 2.20. The normalized spacial score (nSPS) is 14.0. The van der Waals surface area contributed by atoms with E-state index < -0.39 is 0 Å². The molecule has 1 aliphatic carbocycles. The van der Waals surface area contributed by atoms with Gasteiger partial charge in [0.25, 0.3) is 0 Å². The number of hydrogen-bond donors (Lipinski definition) is 2. The number of benzene rings is 2. The fraction of sp³-hybridized carbons (Fsp3) is 0.278. The van der Waals surface area contributed by atoms with Gasteiger partial charge in [-0.25, -0.2) is 0 Å². The highest BCUT2D eigenvalue weighted by atomic mass is 127. The molecule has 3 rings (SSSR count). The molecule has 6 heteroatoms. The number of nitrogens with zero attached hydrogens (tertiary/aromatic N) is 1. The third kappa shape index (κ3) is 4.54. The van der Waals surface area contributed by atoms with E-state index in [9.17, 15) is 0 Å². The summed E-state index contributed by atoms with van der Waals surface area (Å²) in [4.78, 5) is 4.47. The topological polar surface area (TPSA) is 59.6 Å². The van der Waals surface area contributed by atoms with E-state index >= 15 is 0 Å². The summed E-state index contributed by atoms with van der Waals surface area (Å²) in [6.07, 6.45) is 2.14. The van der Waals surface area contributed by atoms with Crippen LogP contribution >= 0.6 is 35.6 Å². The molecule has 0 spiro atoms. The van der Waals surface area contributed by atoms with Crippen LogP contribution in [0, 0.1) is 5.92 Å². The second-order valence-corrected chi connectivity index (χ2v) is 6.15. The van der Waals surface area contributed by atoms with Crippen LogP contribution in [0.3, 0.4) is 0 Å². The molecule has 2 aromatic rings.